The Morgan fingerprint density at radius 1 is 1.27 bits per heavy atom. The molecule has 4 atom stereocenters. The predicted molar refractivity (Wildman–Crippen MR) is 99.2 cm³/mol. The normalized spacial score (nSPS) is 38.0. The Hall–Kier alpha value is -1.88. The highest BCUT2D eigenvalue weighted by Gasteiger charge is 2.64. The number of nitrogens with zero attached hydrogens (tertiary/aromatic N) is 1. The van der Waals surface area contributed by atoms with Crippen LogP contribution in [0, 0.1) is 16.7 Å². The van der Waals surface area contributed by atoms with E-state index in [4.69, 9.17) is 0 Å². The molecule has 26 heavy (non-hydrogen) atoms. The van der Waals surface area contributed by atoms with Crippen LogP contribution in [0.4, 0.5) is 0 Å². The summed E-state index contributed by atoms with van der Waals surface area (Å²) in [6.45, 7) is 2.63. The Morgan fingerprint density at radius 3 is 2.88 bits per heavy atom. The minimum Gasteiger partial charge on any atom is -0.390 e. The molecule has 0 saturated heterocycles. The van der Waals surface area contributed by atoms with Gasteiger partial charge in [-0.05, 0) is 62.0 Å². The van der Waals surface area contributed by atoms with Gasteiger partial charge in [0.1, 0.15) is 5.82 Å². The van der Waals surface area contributed by atoms with Crippen molar-refractivity contribution in [3.8, 4) is 0 Å². The van der Waals surface area contributed by atoms with Crippen LogP contribution in [0.1, 0.15) is 57.7 Å². The summed E-state index contributed by atoms with van der Waals surface area (Å²) in [5, 5.41) is 14.2. The molecule has 4 aliphatic carbocycles. The van der Waals surface area contributed by atoms with Gasteiger partial charge in [0.05, 0.1) is 28.6 Å². The quantitative estimate of drug-likeness (QED) is 0.789. The lowest BCUT2D eigenvalue weighted by molar-refractivity contribution is -0.204. The van der Waals surface area contributed by atoms with E-state index < -0.39 is 11.0 Å². The van der Waals surface area contributed by atoms with E-state index in [2.05, 4.69) is 22.2 Å². The molecule has 1 aromatic heterocycles. The maximum atomic E-state index is 13.2. The molecule has 3 N–H and O–H groups in total. The highest BCUT2D eigenvalue weighted by molar-refractivity contribution is 5.83. The van der Waals surface area contributed by atoms with Crippen molar-refractivity contribution in [3.63, 3.8) is 0 Å². The van der Waals surface area contributed by atoms with Gasteiger partial charge in [-0.1, -0.05) is 25.5 Å². The average Bonchev–Trinajstić information content (AvgIpc) is 3.00. The zero-order valence-corrected chi connectivity index (χ0v) is 15.3. The van der Waals surface area contributed by atoms with Crippen molar-refractivity contribution < 1.29 is 9.90 Å². The predicted octanol–water partition coefficient (Wildman–Crippen LogP) is 3.29. The van der Waals surface area contributed by atoms with E-state index in [1.807, 2.05) is 24.3 Å². The van der Waals surface area contributed by atoms with Crippen LogP contribution >= 0.6 is 0 Å². The lowest BCUT2D eigenvalue weighted by Gasteiger charge is -2.64. The first-order chi connectivity index (χ1) is 12.4. The number of H-pyrrole nitrogens is 1. The largest absolute Gasteiger partial charge is 0.390 e. The number of aromatic amines is 1. The SMILES string of the molecule is CC[C@@]12C[C@H]3C[C@@](O)(C1)C[C@](C(=O)NCc1nc4ccccc4[nH]1)(C3)C2. The van der Waals surface area contributed by atoms with Gasteiger partial charge in [0, 0.05) is 0 Å². The maximum Gasteiger partial charge on any atom is 0.226 e. The second kappa shape index (κ2) is 5.32. The Balaban J connectivity index is 1.36. The molecule has 5 nitrogen and oxygen atoms in total. The number of aliphatic hydroxyl groups is 1. The summed E-state index contributed by atoms with van der Waals surface area (Å²) in [4.78, 5) is 21.1. The van der Waals surface area contributed by atoms with Gasteiger partial charge in [-0.15, -0.1) is 0 Å². The zero-order chi connectivity index (χ0) is 18.0. The minimum absolute atomic E-state index is 0.110. The van der Waals surface area contributed by atoms with Crippen molar-refractivity contribution in [2.45, 2.75) is 64.0 Å². The number of amides is 1. The second-order valence-corrected chi connectivity index (χ2v) is 9.25. The van der Waals surface area contributed by atoms with Crippen molar-refractivity contribution in [2.24, 2.45) is 16.7 Å². The molecular formula is C21H27N3O2. The topological polar surface area (TPSA) is 78.0 Å². The highest BCUT2D eigenvalue weighted by Crippen LogP contribution is 2.67. The van der Waals surface area contributed by atoms with Gasteiger partial charge in [-0.2, -0.15) is 0 Å². The monoisotopic (exact) mass is 353 g/mol. The summed E-state index contributed by atoms with van der Waals surface area (Å²) in [7, 11) is 0. The molecule has 1 amide bonds. The van der Waals surface area contributed by atoms with E-state index in [9.17, 15) is 9.90 Å². The Bertz CT molecular complexity index is 844. The minimum atomic E-state index is -0.633. The van der Waals surface area contributed by atoms with Gasteiger partial charge in [-0.3, -0.25) is 4.79 Å². The molecule has 5 heteroatoms. The zero-order valence-electron chi connectivity index (χ0n) is 15.3. The summed E-state index contributed by atoms with van der Waals surface area (Å²) >= 11 is 0. The van der Waals surface area contributed by atoms with E-state index in [1.165, 1.54) is 6.42 Å². The van der Waals surface area contributed by atoms with Crippen LogP contribution in [0.2, 0.25) is 0 Å². The molecule has 1 heterocycles. The van der Waals surface area contributed by atoms with Gasteiger partial charge in [0.15, 0.2) is 0 Å². The van der Waals surface area contributed by atoms with Crippen LogP contribution in [0.25, 0.3) is 11.0 Å². The van der Waals surface area contributed by atoms with Crippen LogP contribution in [0.5, 0.6) is 0 Å². The van der Waals surface area contributed by atoms with Crippen molar-refractivity contribution in [1.29, 1.82) is 0 Å². The number of hydrogen-bond donors (Lipinski definition) is 3. The molecule has 4 fully saturated rings. The molecule has 4 saturated carbocycles. The number of rotatable bonds is 4. The second-order valence-electron chi connectivity index (χ2n) is 9.25. The van der Waals surface area contributed by atoms with Crippen LogP contribution in [0.3, 0.4) is 0 Å². The Morgan fingerprint density at radius 2 is 2.12 bits per heavy atom. The maximum absolute atomic E-state index is 13.2. The number of aromatic nitrogens is 2. The Kier molecular flexibility index (Phi) is 3.34. The summed E-state index contributed by atoms with van der Waals surface area (Å²) in [6.07, 6.45) is 6.50. The van der Waals surface area contributed by atoms with Gasteiger partial charge < -0.3 is 15.4 Å². The lowest BCUT2D eigenvalue weighted by Crippen LogP contribution is -2.63. The number of carbonyl (C=O) groups excluding carboxylic acids is 1. The molecule has 138 valence electrons. The van der Waals surface area contributed by atoms with E-state index in [0.717, 1.165) is 49.0 Å². The van der Waals surface area contributed by atoms with E-state index in [1.54, 1.807) is 0 Å². The molecule has 1 aromatic carbocycles. The van der Waals surface area contributed by atoms with Gasteiger partial charge in [0.2, 0.25) is 5.91 Å². The molecule has 0 unspecified atom stereocenters. The summed E-state index contributed by atoms with van der Waals surface area (Å²) < 4.78 is 0. The van der Waals surface area contributed by atoms with Gasteiger partial charge >= 0.3 is 0 Å². The fourth-order valence-electron chi connectivity index (χ4n) is 6.67. The van der Waals surface area contributed by atoms with Crippen molar-refractivity contribution in [1.82, 2.24) is 15.3 Å². The first kappa shape index (κ1) is 16.3. The molecule has 2 aromatic rings. The lowest BCUT2D eigenvalue weighted by atomic mass is 9.42. The third-order valence-corrected chi connectivity index (χ3v) is 7.24. The Labute approximate surface area is 153 Å². The molecule has 4 aliphatic rings. The van der Waals surface area contributed by atoms with E-state index >= 15 is 0 Å². The standard InChI is InChI=1S/C21H27N3O2/c1-2-19-7-14-8-20(11-19,13-21(26,9-14)12-19)18(25)22-10-17-23-15-5-3-4-6-16(15)24-17/h3-6,14,26H,2,7-13H2,1H3,(H,22,25)(H,23,24)/t14-,19+,20+,21-/m1/s1. The number of benzene rings is 1. The smallest absolute Gasteiger partial charge is 0.226 e. The van der Waals surface area contributed by atoms with Crippen molar-refractivity contribution >= 4 is 16.9 Å². The number of nitrogens with one attached hydrogen (secondary N) is 2. The molecule has 6 rings (SSSR count). The average molecular weight is 353 g/mol. The molecule has 0 aliphatic heterocycles. The van der Waals surface area contributed by atoms with Crippen LogP contribution in [0.15, 0.2) is 24.3 Å². The molecule has 4 bridgehead atoms. The number of hydrogen-bond acceptors (Lipinski definition) is 3. The summed E-state index contributed by atoms with van der Waals surface area (Å²) in [6, 6.07) is 7.90. The number of imidazole rings is 1. The summed E-state index contributed by atoms with van der Waals surface area (Å²) in [5.41, 5.74) is 1.05. The molecule has 0 spiro atoms. The van der Waals surface area contributed by atoms with Crippen LogP contribution < -0.4 is 5.32 Å². The van der Waals surface area contributed by atoms with Crippen molar-refractivity contribution in [2.75, 3.05) is 0 Å². The first-order valence-electron chi connectivity index (χ1n) is 9.88. The van der Waals surface area contributed by atoms with E-state index in [0.29, 0.717) is 18.9 Å². The number of fused-ring (bicyclic) bond motifs is 1. The summed E-state index contributed by atoms with van der Waals surface area (Å²) in [5.74, 6) is 1.39. The molecule has 0 radical (unpaired) electrons. The number of carbonyl (C=O) groups is 1. The van der Waals surface area contributed by atoms with Crippen LogP contribution in [-0.4, -0.2) is 26.6 Å². The number of para-hydroxylation sites is 2. The third-order valence-electron chi connectivity index (χ3n) is 7.24. The fraction of sp³-hybridized carbons (Fsp3) is 0.619. The molecular weight excluding hydrogens is 326 g/mol. The van der Waals surface area contributed by atoms with Gasteiger partial charge in [-0.25, -0.2) is 4.98 Å². The van der Waals surface area contributed by atoms with Crippen LogP contribution in [-0.2, 0) is 11.3 Å². The van der Waals surface area contributed by atoms with Gasteiger partial charge in [0.25, 0.3) is 0 Å². The third kappa shape index (κ3) is 2.40. The van der Waals surface area contributed by atoms with Crippen molar-refractivity contribution in [3.05, 3.63) is 30.1 Å². The first-order valence-corrected chi connectivity index (χ1v) is 9.88. The highest BCUT2D eigenvalue weighted by atomic mass is 16.3. The van der Waals surface area contributed by atoms with E-state index in [-0.39, 0.29) is 11.3 Å². The fourth-order valence-corrected chi connectivity index (χ4v) is 6.67.